The highest BCUT2D eigenvalue weighted by atomic mass is 127. The van der Waals surface area contributed by atoms with Crippen molar-refractivity contribution in [2.75, 3.05) is 37.5 Å². The molecule has 0 aliphatic carbocycles. The highest BCUT2D eigenvalue weighted by Crippen LogP contribution is 2.16. The van der Waals surface area contributed by atoms with Gasteiger partial charge in [-0.15, -0.1) is 24.0 Å². The quantitative estimate of drug-likeness (QED) is 0.432. The molecule has 22 heavy (non-hydrogen) atoms. The van der Waals surface area contributed by atoms with E-state index >= 15 is 0 Å². The minimum Gasteiger partial charge on any atom is -0.363 e. The Morgan fingerprint density at radius 1 is 1.45 bits per heavy atom. The lowest BCUT2D eigenvalue weighted by Gasteiger charge is -2.24. The molecule has 0 bridgehead atoms. The van der Waals surface area contributed by atoms with Gasteiger partial charge in [0, 0.05) is 32.9 Å². The highest BCUT2D eigenvalue weighted by Gasteiger charge is 2.14. The van der Waals surface area contributed by atoms with Gasteiger partial charge in [-0.2, -0.15) is 11.8 Å². The summed E-state index contributed by atoms with van der Waals surface area (Å²) < 4.78 is 0. The van der Waals surface area contributed by atoms with E-state index in [0.717, 1.165) is 23.2 Å². The molecule has 5 nitrogen and oxygen atoms in total. The molecule has 0 amide bonds. The molecular formula is C15H26IN5S. The molecule has 1 aliphatic heterocycles. The summed E-state index contributed by atoms with van der Waals surface area (Å²) >= 11 is 2.01. The van der Waals surface area contributed by atoms with Crippen molar-refractivity contribution in [2.45, 2.75) is 25.4 Å². The lowest BCUT2D eigenvalue weighted by Crippen LogP contribution is -2.45. The van der Waals surface area contributed by atoms with Crippen molar-refractivity contribution in [1.29, 1.82) is 0 Å². The first-order valence-electron chi connectivity index (χ1n) is 7.37. The van der Waals surface area contributed by atoms with E-state index in [1.807, 2.05) is 56.0 Å². The van der Waals surface area contributed by atoms with Crippen molar-refractivity contribution in [3.05, 3.63) is 23.9 Å². The fraction of sp³-hybridized carbons (Fsp3) is 0.600. The van der Waals surface area contributed by atoms with Gasteiger partial charge in [0.2, 0.25) is 0 Å². The largest absolute Gasteiger partial charge is 0.363 e. The smallest absolute Gasteiger partial charge is 0.191 e. The molecule has 124 valence electrons. The Morgan fingerprint density at radius 2 is 2.27 bits per heavy atom. The number of anilines is 1. The average Bonchev–Trinajstić information content (AvgIpc) is 2.52. The van der Waals surface area contributed by atoms with Crippen LogP contribution in [0.4, 0.5) is 5.82 Å². The predicted molar refractivity (Wildman–Crippen MR) is 108 cm³/mol. The van der Waals surface area contributed by atoms with Crippen LogP contribution in [0, 0.1) is 0 Å². The molecule has 1 aromatic heterocycles. The van der Waals surface area contributed by atoms with Gasteiger partial charge in [0.15, 0.2) is 5.96 Å². The molecule has 1 saturated heterocycles. The third kappa shape index (κ3) is 6.20. The lowest BCUT2D eigenvalue weighted by atomic mass is 10.2. The van der Waals surface area contributed by atoms with Crippen molar-refractivity contribution < 1.29 is 0 Å². The van der Waals surface area contributed by atoms with Crippen LogP contribution in [0.2, 0.25) is 0 Å². The summed E-state index contributed by atoms with van der Waals surface area (Å²) in [5.41, 5.74) is 1.02. The average molecular weight is 435 g/mol. The zero-order valence-corrected chi connectivity index (χ0v) is 16.6. The first kappa shape index (κ1) is 19.3. The molecule has 0 aromatic carbocycles. The summed E-state index contributed by atoms with van der Waals surface area (Å²) in [4.78, 5) is 10.9. The van der Waals surface area contributed by atoms with E-state index in [-0.39, 0.29) is 24.0 Å². The SMILES string of the molecule is CN=C(NCc1cccc(N(C)C)n1)NC1CCCSC1.I. The number of rotatable bonds is 4. The number of aliphatic imine (C=N–C) groups is 1. The fourth-order valence-corrected chi connectivity index (χ4v) is 3.30. The van der Waals surface area contributed by atoms with Gasteiger partial charge >= 0.3 is 0 Å². The van der Waals surface area contributed by atoms with Gasteiger partial charge in [-0.25, -0.2) is 4.98 Å². The molecule has 1 aromatic rings. The maximum atomic E-state index is 4.60. The normalized spacial score (nSPS) is 18.3. The number of nitrogens with zero attached hydrogens (tertiary/aromatic N) is 3. The van der Waals surface area contributed by atoms with E-state index in [1.54, 1.807) is 0 Å². The van der Waals surface area contributed by atoms with Crippen LogP contribution in [0.25, 0.3) is 0 Å². The Bertz CT molecular complexity index is 475. The van der Waals surface area contributed by atoms with Crippen molar-refractivity contribution >= 4 is 47.5 Å². The summed E-state index contributed by atoms with van der Waals surface area (Å²) in [7, 11) is 5.82. The number of hydrogen-bond acceptors (Lipinski definition) is 4. The van der Waals surface area contributed by atoms with E-state index in [1.165, 1.54) is 18.6 Å². The Labute approximate surface area is 154 Å². The Hall–Kier alpha value is -0.700. The maximum absolute atomic E-state index is 4.60. The number of halogens is 1. The monoisotopic (exact) mass is 435 g/mol. The summed E-state index contributed by atoms with van der Waals surface area (Å²) in [6, 6.07) is 6.60. The number of aromatic nitrogens is 1. The lowest BCUT2D eigenvalue weighted by molar-refractivity contribution is 0.581. The highest BCUT2D eigenvalue weighted by molar-refractivity contribution is 14.0. The summed E-state index contributed by atoms with van der Waals surface area (Å²) in [6.07, 6.45) is 2.51. The van der Waals surface area contributed by atoms with E-state index < -0.39 is 0 Å². The molecule has 1 fully saturated rings. The van der Waals surface area contributed by atoms with Crippen LogP contribution in [0.3, 0.4) is 0 Å². The topological polar surface area (TPSA) is 52.6 Å². The predicted octanol–water partition coefficient (Wildman–Crippen LogP) is 2.33. The van der Waals surface area contributed by atoms with Crippen molar-refractivity contribution in [3.8, 4) is 0 Å². The zero-order valence-electron chi connectivity index (χ0n) is 13.5. The van der Waals surface area contributed by atoms with Crippen LogP contribution < -0.4 is 15.5 Å². The minimum absolute atomic E-state index is 0. The number of hydrogen-bond donors (Lipinski definition) is 2. The number of nitrogens with one attached hydrogen (secondary N) is 2. The van der Waals surface area contributed by atoms with Gasteiger partial charge in [0.1, 0.15) is 5.82 Å². The summed E-state index contributed by atoms with van der Waals surface area (Å²) in [5.74, 6) is 4.28. The van der Waals surface area contributed by atoms with Crippen molar-refractivity contribution in [1.82, 2.24) is 15.6 Å². The van der Waals surface area contributed by atoms with Crippen molar-refractivity contribution in [2.24, 2.45) is 4.99 Å². The zero-order chi connectivity index (χ0) is 15.1. The second-order valence-corrected chi connectivity index (χ2v) is 6.52. The third-order valence-electron chi connectivity index (χ3n) is 3.41. The second kappa shape index (κ2) is 10.1. The van der Waals surface area contributed by atoms with E-state index in [0.29, 0.717) is 12.6 Å². The number of thioether (sulfide) groups is 1. The van der Waals surface area contributed by atoms with Gasteiger partial charge in [-0.1, -0.05) is 6.07 Å². The van der Waals surface area contributed by atoms with E-state index in [9.17, 15) is 0 Å². The standard InChI is InChI=1S/C15H25N5S.HI/c1-16-15(19-13-7-5-9-21-11-13)17-10-12-6-4-8-14(18-12)20(2)3;/h4,6,8,13H,5,7,9-11H2,1-3H3,(H2,16,17,19);1H. The molecule has 1 aliphatic rings. The van der Waals surface area contributed by atoms with Crippen molar-refractivity contribution in [3.63, 3.8) is 0 Å². The van der Waals surface area contributed by atoms with Crippen LogP contribution in [-0.4, -0.2) is 49.6 Å². The van der Waals surface area contributed by atoms with E-state index in [2.05, 4.69) is 20.6 Å². The minimum atomic E-state index is 0. The molecular weight excluding hydrogens is 409 g/mol. The summed E-state index contributed by atoms with van der Waals surface area (Å²) in [6.45, 7) is 0.682. The molecule has 1 unspecified atom stereocenters. The number of pyridine rings is 1. The Kier molecular flexibility index (Phi) is 8.92. The van der Waals surface area contributed by atoms with Gasteiger partial charge in [-0.05, 0) is 30.7 Å². The van der Waals surface area contributed by atoms with Crippen LogP contribution in [-0.2, 0) is 6.54 Å². The van der Waals surface area contributed by atoms with E-state index in [4.69, 9.17) is 0 Å². The van der Waals surface area contributed by atoms with Gasteiger partial charge < -0.3 is 15.5 Å². The molecule has 0 spiro atoms. The second-order valence-electron chi connectivity index (χ2n) is 5.37. The van der Waals surface area contributed by atoms with Crippen LogP contribution in [0.5, 0.6) is 0 Å². The van der Waals surface area contributed by atoms with Crippen LogP contribution in [0.15, 0.2) is 23.2 Å². The number of guanidine groups is 1. The molecule has 2 heterocycles. The molecule has 2 N–H and O–H groups in total. The molecule has 2 rings (SSSR count). The first-order valence-corrected chi connectivity index (χ1v) is 8.52. The Balaban J connectivity index is 0.00000242. The Morgan fingerprint density at radius 3 is 2.91 bits per heavy atom. The first-order chi connectivity index (χ1) is 10.2. The van der Waals surface area contributed by atoms with Gasteiger partial charge in [0.25, 0.3) is 0 Å². The van der Waals surface area contributed by atoms with Gasteiger partial charge in [0.05, 0.1) is 12.2 Å². The molecule has 7 heteroatoms. The fourth-order valence-electron chi connectivity index (χ4n) is 2.23. The molecule has 1 atom stereocenters. The van der Waals surface area contributed by atoms with Crippen LogP contribution >= 0.6 is 35.7 Å². The maximum Gasteiger partial charge on any atom is 0.191 e. The third-order valence-corrected chi connectivity index (χ3v) is 4.63. The summed E-state index contributed by atoms with van der Waals surface area (Å²) in [5, 5.41) is 6.84. The van der Waals surface area contributed by atoms with Crippen LogP contribution in [0.1, 0.15) is 18.5 Å². The molecule has 0 saturated carbocycles. The molecule has 0 radical (unpaired) electrons. The van der Waals surface area contributed by atoms with Gasteiger partial charge in [-0.3, -0.25) is 4.99 Å².